The summed E-state index contributed by atoms with van der Waals surface area (Å²) in [7, 11) is 0. The van der Waals surface area contributed by atoms with E-state index in [1.165, 1.54) is 0 Å². The number of amides is 2. The van der Waals surface area contributed by atoms with Gasteiger partial charge in [0.2, 0.25) is 0 Å². The molecule has 2 atom stereocenters. The number of hydrogen-bond donors (Lipinski definition) is 2. The number of nitrogens with one attached hydrogen (secondary N) is 1. The van der Waals surface area contributed by atoms with E-state index >= 15 is 0 Å². The van der Waals surface area contributed by atoms with E-state index in [-0.39, 0.29) is 11.9 Å². The van der Waals surface area contributed by atoms with E-state index in [9.17, 15) is 9.59 Å². The molecule has 0 radical (unpaired) electrons. The van der Waals surface area contributed by atoms with E-state index in [2.05, 4.69) is 5.32 Å². The molecular formula is C12H24N2O3. The van der Waals surface area contributed by atoms with Crippen LogP contribution in [0.15, 0.2) is 0 Å². The van der Waals surface area contributed by atoms with Crippen LogP contribution in [-0.2, 0) is 4.79 Å². The van der Waals surface area contributed by atoms with Gasteiger partial charge < -0.3 is 15.3 Å². The minimum Gasteiger partial charge on any atom is -0.480 e. The van der Waals surface area contributed by atoms with Crippen LogP contribution < -0.4 is 5.32 Å². The van der Waals surface area contributed by atoms with Gasteiger partial charge in [-0.1, -0.05) is 27.2 Å². The van der Waals surface area contributed by atoms with Gasteiger partial charge in [0.15, 0.2) is 0 Å². The van der Waals surface area contributed by atoms with Crippen LogP contribution in [-0.4, -0.2) is 41.1 Å². The fourth-order valence-electron chi connectivity index (χ4n) is 1.58. The third-order valence-electron chi connectivity index (χ3n) is 2.92. The molecule has 0 aromatic carbocycles. The molecule has 0 aliphatic rings. The Morgan fingerprint density at radius 1 is 1.29 bits per heavy atom. The highest BCUT2D eigenvalue weighted by Gasteiger charge is 2.26. The molecule has 2 N–H and O–H groups in total. The molecule has 0 saturated heterocycles. The number of carbonyl (C=O) groups excluding carboxylic acids is 1. The second-order valence-corrected chi connectivity index (χ2v) is 4.23. The zero-order valence-corrected chi connectivity index (χ0v) is 11.2. The molecule has 0 rings (SSSR count). The Hall–Kier alpha value is -1.26. The van der Waals surface area contributed by atoms with Crippen molar-refractivity contribution < 1.29 is 14.7 Å². The fraction of sp³-hybridized carbons (Fsp3) is 0.833. The van der Waals surface area contributed by atoms with Gasteiger partial charge >= 0.3 is 12.0 Å². The van der Waals surface area contributed by atoms with E-state index < -0.39 is 12.0 Å². The van der Waals surface area contributed by atoms with E-state index in [0.29, 0.717) is 13.1 Å². The molecule has 5 nitrogen and oxygen atoms in total. The Balaban J connectivity index is 4.53. The minimum absolute atomic E-state index is 0.0724. The van der Waals surface area contributed by atoms with Crippen LogP contribution in [0, 0.1) is 5.92 Å². The third-order valence-corrected chi connectivity index (χ3v) is 2.92. The maximum absolute atomic E-state index is 11.9. The molecule has 0 fully saturated rings. The van der Waals surface area contributed by atoms with Crippen molar-refractivity contribution in [3.05, 3.63) is 0 Å². The lowest BCUT2D eigenvalue weighted by Crippen LogP contribution is -2.50. The first-order valence-electron chi connectivity index (χ1n) is 6.26. The summed E-state index contributed by atoms with van der Waals surface area (Å²) in [5, 5.41) is 11.7. The Labute approximate surface area is 103 Å². The molecule has 17 heavy (non-hydrogen) atoms. The van der Waals surface area contributed by atoms with Gasteiger partial charge in [0.25, 0.3) is 0 Å². The molecule has 2 unspecified atom stereocenters. The summed E-state index contributed by atoms with van der Waals surface area (Å²) in [6.45, 7) is 8.85. The second kappa shape index (κ2) is 7.92. The Morgan fingerprint density at radius 3 is 2.24 bits per heavy atom. The first kappa shape index (κ1) is 15.7. The average Bonchev–Trinajstić information content (AvgIpc) is 2.31. The zero-order valence-electron chi connectivity index (χ0n) is 11.2. The van der Waals surface area contributed by atoms with Gasteiger partial charge in [-0.05, 0) is 19.3 Å². The number of carboxylic acids is 1. The number of aliphatic carboxylic acids is 1. The molecule has 0 bridgehead atoms. The van der Waals surface area contributed by atoms with E-state index in [4.69, 9.17) is 5.11 Å². The number of carboxylic acid groups (broad SMARTS) is 1. The predicted molar refractivity (Wildman–Crippen MR) is 66.9 cm³/mol. The summed E-state index contributed by atoms with van der Waals surface area (Å²) in [6.07, 6.45) is 1.58. The van der Waals surface area contributed by atoms with Crippen LogP contribution in [0.1, 0.15) is 40.5 Å². The van der Waals surface area contributed by atoms with Crippen LogP contribution in [0.3, 0.4) is 0 Å². The van der Waals surface area contributed by atoms with Crippen LogP contribution in [0.4, 0.5) is 4.79 Å². The number of urea groups is 1. The third kappa shape index (κ3) is 5.06. The molecular weight excluding hydrogens is 220 g/mol. The number of rotatable bonds is 7. The highest BCUT2D eigenvalue weighted by Crippen LogP contribution is 2.08. The fourth-order valence-corrected chi connectivity index (χ4v) is 1.58. The van der Waals surface area contributed by atoms with Crippen molar-refractivity contribution >= 4 is 12.0 Å². The lowest BCUT2D eigenvalue weighted by Gasteiger charge is -2.26. The zero-order chi connectivity index (χ0) is 13.4. The van der Waals surface area contributed by atoms with Crippen LogP contribution >= 0.6 is 0 Å². The van der Waals surface area contributed by atoms with Crippen molar-refractivity contribution in [3.63, 3.8) is 0 Å². The first-order chi connectivity index (χ1) is 7.97. The van der Waals surface area contributed by atoms with Gasteiger partial charge in [0, 0.05) is 13.1 Å². The van der Waals surface area contributed by atoms with Gasteiger partial charge in [0.05, 0.1) is 0 Å². The van der Waals surface area contributed by atoms with Gasteiger partial charge in [0.1, 0.15) is 6.04 Å². The van der Waals surface area contributed by atoms with Gasteiger partial charge in [-0.25, -0.2) is 9.59 Å². The highest BCUT2D eigenvalue weighted by atomic mass is 16.4. The van der Waals surface area contributed by atoms with Crippen molar-refractivity contribution in [1.82, 2.24) is 10.2 Å². The maximum atomic E-state index is 11.9. The van der Waals surface area contributed by atoms with Crippen molar-refractivity contribution in [2.75, 3.05) is 13.1 Å². The SMILES string of the molecule is CCCN(CC)C(=O)NC(C(=O)O)C(C)CC. The topological polar surface area (TPSA) is 69.6 Å². The van der Waals surface area contributed by atoms with Crippen LogP contribution in [0.2, 0.25) is 0 Å². The average molecular weight is 244 g/mol. The molecule has 0 aromatic rings. The smallest absolute Gasteiger partial charge is 0.326 e. The van der Waals surface area contributed by atoms with Crippen molar-refractivity contribution in [1.29, 1.82) is 0 Å². The summed E-state index contributed by atoms with van der Waals surface area (Å²) in [5.74, 6) is -1.04. The molecule has 100 valence electrons. The molecule has 0 saturated carbocycles. The summed E-state index contributed by atoms with van der Waals surface area (Å²) >= 11 is 0. The molecule has 5 heteroatoms. The molecule has 2 amide bonds. The van der Waals surface area contributed by atoms with E-state index in [1.807, 2.05) is 27.7 Å². The standard InChI is InChI=1S/C12H24N2O3/c1-5-8-14(7-3)12(17)13-10(11(15)16)9(4)6-2/h9-10H,5-8H2,1-4H3,(H,13,17)(H,15,16). The number of carbonyl (C=O) groups is 2. The number of hydrogen-bond acceptors (Lipinski definition) is 2. The summed E-state index contributed by atoms with van der Waals surface area (Å²) in [6, 6.07) is -1.10. The van der Waals surface area contributed by atoms with E-state index in [0.717, 1.165) is 12.8 Å². The van der Waals surface area contributed by atoms with Gasteiger partial charge in [-0.2, -0.15) is 0 Å². The minimum atomic E-state index is -0.972. The van der Waals surface area contributed by atoms with Gasteiger partial charge in [-0.3, -0.25) is 0 Å². The quantitative estimate of drug-likeness (QED) is 0.719. The maximum Gasteiger partial charge on any atom is 0.326 e. The summed E-state index contributed by atoms with van der Waals surface area (Å²) in [4.78, 5) is 24.5. The highest BCUT2D eigenvalue weighted by molar-refractivity contribution is 5.82. The van der Waals surface area contributed by atoms with Crippen molar-refractivity contribution in [3.8, 4) is 0 Å². The molecule has 0 aromatic heterocycles. The first-order valence-corrected chi connectivity index (χ1v) is 6.26. The predicted octanol–water partition coefficient (Wildman–Crippen LogP) is 1.93. The van der Waals surface area contributed by atoms with Crippen LogP contribution in [0.25, 0.3) is 0 Å². The largest absolute Gasteiger partial charge is 0.480 e. The summed E-state index contributed by atoms with van der Waals surface area (Å²) < 4.78 is 0. The normalized spacial score (nSPS) is 13.9. The van der Waals surface area contributed by atoms with Gasteiger partial charge in [-0.15, -0.1) is 0 Å². The Morgan fingerprint density at radius 2 is 1.88 bits per heavy atom. The van der Waals surface area contributed by atoms with Crippen molar-refractivity contribution in [2.45, 2.75) is 46.6 Å². The van der Waals surface area contributed by atoms with E-state index in [1.54, 1.807) is 4.90 Å². The Kier molecular flexibility index (Phi) is 7.34. The van der Waals surface area contributed by atoms with Crippen LogP contribution in [0.5, 0.6) is 0 Å². The monoisotopic (exact) mass is 244 g/mol. The molecule has 0 spiro atoms. The lowest BCUT2D eigenvalue weighted by molar-refractivity contribution is -0.140. The molecule has 0 aliphatic heterocycles. The molecule has 0 aliphatic carbocycles. The summed E-state index contributed by atoms with van der Waals surface area (Å²) in [5.41, 5.74) is 0. The van der Waals surface area contributed by atoms with Crippen molar-refractivity contribution in [2.24, 2.45) is 5.92 Å². The molecule has 0 heterocycles. The lowest BCUT2D eigenvalue weighted by atomic mass is 9.99. The number of nitrogens with zero attached hydrogens (tertiary/aromatic N) is 1. The second-order valence-electron chi connectivity index (χ2n) is 4.23. The Bertz CT molecular complexity index is 256.